The summed E-state index contributed by atoms with van der Waals surface area (Å²) in [4.78, 5) is 10.3. The lowest BCUT2D eigenvalue weighted by molar-refractivity contribution is -0.105. The highest BCUT2D eigenvalue weighted by molar-refractivity contribution is 6.35. The summed E-state index contributed by atoms with van der Waals surface area (Å²) in [6.45, 7) is 0.358. The van der Waals surface area contributed by atoms with E-state index in [4.69, 9.17) is 27.9 Å². The third-order valence-corrected chi connectivity index (χ3v) is 3.08. The largest absolute Gasteiger partial charge is 0.489 e. The zero-order valence-corrected chi connectivity index (χ0v) is 11.4. The van der Waals surface area contributed by atoms with Gasteiger partial charge in [-0.1, -0.05) is 29.3 Å². The number of halogens is 2. The smallest absolute Gasteiger partial charge is 0.211 e. The van der Waals surface area contributed by atoms with Gasteiger partial charge in [-0.05, 0) is 36.4 Å². The first-order valence-electron chi connectivity index (χ1n) is 5.56. The molecule has 1 amide bonds. The molecule has 0 heterocycles. The fraction of sp³-hybridized carbons (Fsp3) is 0.0714. The van der Waals surface area contributed by atoms with Crippen molar-refractivity contribution in [2.75, 3.05) is 5.32 Å². The number of anilines is 1. The minimum atomic E-state index is 0.358. The van der Waals surface area contributed by atoms with E-state index in [1.807, 2.05) is 6.07 Å². The fourth-order valence-corrected chi connectivity index (χ4v) is 1.98. The summed E-state index contributed by atoms with van der Waals surface area (Å²) < 4.78 is 5.60. The number of nitrogens with one attached hydrogen (secondary N) is 1. The van der Waals surface area contributed by atoms with E-state index in [0.29, 0.717) is 34.5 Å². The number of hydrogen-bond acceptors (Lipinski definition) is 2. The minimum absolute atomic E-state index is 0.358. The zero-order chi connectivity index (χ0) is 13.7. The normalized spacial score (nSPS) is 10.0. The van der Waals surface area contributed by atoms with Crippen LogP contribution in [-0.2, 0) is 11.4 Å². The van der Waals surface area contributed by atoms with Crippen molar-refractivity contribution in [1.82, 2.24) is 0 Å². The SMILES string of the molecule is O=CNc1ccc(OCc2ccc(Cl)cc2Cl)cc1. The molecule has 0 unspecified atom stereocenters. The highest BCUT2D eigenvalue weighted by atomic mass is 35.5. The van der Waals surface area contributed by atoms with E-state index >= 15 is 0 Å². The van der Waals surface area contributed by atoms with Crippen LogP contribution < -0.4 is 10.1 Å². The van der Waals surface area contributed by atoms with Gasteiger partial charge < -0.3 is 10.1 Å². The molecular weight excluding hydrogens is 285 g/mol. The number of carbonyl (C=O) groups is 1. The summed E-state index contributed by atoms with van der Waals surface area (Å²) >= 11 is 11.9. The maximum Gasteiger partial charge on any atom is 0.211 e. The van der Waals surface area contributed by atoms with Crippen molar-refractivity contribution in [2.24, 2.45) is 0 Å². The van der Waals surface area contributed by atoms with Gasteiger partial charge in [0.25, 0.3) is 0 Å². The van der Waals surface area contributed by atoms with E-state index in [-0.39, 0.29) is 0 Å². The number of amides is 1. The third-order valence-electron chi connectivity index (χ3n) is 2.49. The van der Waals surface area contributed by atoms with Crippen molar-refractivity contribution >= 4 is 35.3 Å². The Morgan fingerprint density at radius 1 is 1.11 bits per heavy atom. The van der Waals surface area contributed by atoms with Crippen LogP contribution in [0.2, 0.25) is 10.0 Å². The van der Waals surface area contributed by atoms with Crippen LogP contribution in [0.4, 0.5) is 5.69 Å². The summed E-state index contributed by atoms with van der Waals surface area (Å²) in [6.07, 6.45) is 0.628. The summed E-state index contributed by atoms with van der Waals surface area (Å²) in [5.41, 5.74) is 1.58. The molecule has 0 fully saturated rings. The third kappa shape index (κ3) is 3.88. The maximum atomic E-state index is 10.3. The molecule has 2 rings (SSSR count). The van der Waals surface area contributed by atoms with Crippen molar-refractivity contribution < 1.29 is 9.53 Å². The first kappa shape index (κ1) is 13.7. The van der Waals surface area contributed by atoms with Gasteiger partial charge in [-0.3, -0.25) is 4.79 Å². The summed E-state index contributed by atoms with van der Waals surface area (Å²) in [6, 6.07) is 12.3. The molecule has 0 aliphatic heterocycles. The van der Waals surface area contributed by atoms with Gasteiger partial charge in [0, 0.05) is 21.3 Å². The van der Waals surface area contributed by atoms with E-state index < -0.39 is 0 Å². The predicted octanol–water partition coefficient (Wildman–Crippen LogP) is 4.14. The molecule has 0 aliphatic rings. The minimum Gasteiger partial charge on any atom is -0.489 e. The zero-order valence-electron chi connectivity index (χ0n) is 9.90. The Labute approximate surface area is 121 Å². The van der Waals surface area contributed by atoms with Gasteiger partial charge in [-0.15, -0.1) is 0 Å². The molecule has 5 heteroatoms. The standard InChI is InChI=1S/C14H11Cl2NO2/c15-11-2-1-10(14(16)7-11)8-19-13-5-3-12(4-6-13)17-9-18/h1-7,9H,8H2,(H,17,18). The topological polar surface area (TPSA) is 38.3 Å². The highest BCUT2D eigenvalue weighted by Crippen LogP contribution is 2.23. The van der Waals surface area contributed by atoms with Crippen LogP contribution in [0, 0.1) is 0 Å². The lowest BCUT2D eigenvalue weighted by Gasteiger charge is -2.08. The Hall–Kier alpha value is -1.71. The van der Waals surface area contributed by atoms with Gasteiger partial charge in [0.15, 0.2) is 0 Å². The van der Waals surface area contributed by atoms with Crippen molar-refractivity contribution in [2.45, 2.75) is 6.61 Å². The van der Waals surface area contributed by atoms with Crippen LogP contribution in [0.15, 0.2) is 42.5 Å². The van der Waals surface area contributed by atoms with Gasteiger partial charge in [0.1, 0.15) is 12.4 Å². The van der Waals surface area contributed by atoms with E-state index in [9.17, 15) is 4.79 Å². The first-order chi connectivity index (χ1) is 9.19. The first-order valence-corrected chi connectivity index (χ1v) is 6.31. The second-order valence-corrected chi connectivity index (χ2v) is 4.65. The van der Waals surface area contributed by atoms with E-state index in [2.05, 4.69) is 5.32 Å². The summed E-state index contributed by atoms with van der Waals surface area (Å²) in [5.74, 6) is 0.697. The molecule has 19 heavy (non-hydrogen) atoms. The number of hydrogen-bond donors (Lipinski definition) is 1. The van der Waals surface area contributed by atoms with Crippen molar-refractivity contribution in [3.63, 3.8) is 0 Å². The van der Waals surface area contributed by atoms with Gasteiger partial charge in [-0.2, -0.15) is 0 Å². The molecule has 0 aromatic heterocycles. The molecule has 0 bridgehead atoms. The van der Waals surface area contributed by atoms with Crippen LogP contribution in [0.1, 0.15) is 5.56 Å². The summed E-state index contributed by atoms with van der Waals surface area (Å²) in [5, 5.41) is 3.72. The van der Waals surface area contributed by atoms with Crippen LogP contribution in [-0.4, -0.2) is 6.41 Å². The molecule has 0 aliphatic carbocycles. The second-order valence-electron chi connectivity index (χ2n) is 3.81. The van der Waals surface area contributed by atoms with Crippen molar-refractivity contribution in [3.05, 3.63) is 58.1 Å². The quantitative estimate of drug-likeness (QED) is 0.842. The molecule has 3 nitrogen and oxygen atoms in total. The Kier molecular flexibility index (Phi) is 4.66. The van der Waals surface area contributed by atoms with Crippen molar-refractivity contribution in [1.29, 1.82) is 0 Å². The Bertz CT molecular complexity index is 570. The van der Waals surface area contributed by atoms with Gasteiger partial charge >= 0.3 is 0 Å². The molecule has 2 aromatic rings. The lowest BCUT2D eigenvalue weighted by Crippen LogP contribution is -1.97. The maximum absolute atomic E-state index is 10.3. The second kappa shape index (κ2) is 6.45. The van der Waals surface area contributed by atoms with E-state index in [1.165, 1.54) is 0 Å². The van der Waals surface area contributed by atoms with Gasteiger partial charge in [0.05, 0.1) is 0 Å². The average Bonchev–Trinajstić information content (AvgIpc) is 2.40. The summed E-state index contributed by atoms with van der Waals surface area (Å²) in [7, 11) is 0. The van der Waals surface area contributed by atoms with Gasteiger partial charge in [-0.25, -0.2) is 0 Å². The number of carbonyl (C=O) groups excluding carboxylic acids is 1. The van der Waals surface area contributed by atoms with Crippen LogP contribution in [0.5, 0.6) is 5.75 Å². The van der Waals surface area contributed by atoms with E-state index in [0.717, 1.165) is 5.56 Å². The lowest BCUT2D eigenvalue weighted by atomic mass is 10.2. The Balaban J connectivity index is 1.99. The van der Waals surface area contributed by atoms with Crippen LogP contribution in [0.25, 0.3) is 0 Å². The number of ether oxygens (including phenoxy) is 1. The fourth-order valence-electron chi connectivity index (χ4n) is 1.52. The molecule has 0 saturated carbocycles. The molecule has 98 valence electrons. The molecular formula is C14H11Cl2NO2. The van der Waals surface area contributed by atoms with Crippen molar-refractivity contribution in [3.8, 4) is 5.75 Å². The predicted molar refractivity (Wildman–Crippen MR) is 76.9 cm³/mol. The van der Waals surface area contributed by atoms with E-state index in [1.54, 1.807) is 36.4 Å². The molecule has 0 atom stereocenters. The molecule has 2 aromatic carbocycles. The Morgan fingerprint density at radius 2 is 1.84 bits per heavy atom. The van der Waals surface area contributed by atoms with Crippen LogP contribution >= 0.6 is 23.2 Å². The Morgan fingerprint density at radius 3 is 2.47 bits per heavy atom. The molecule has 0 spiro atoms. The number of benzene rings is 2. The van der Waals surface area contributed by atoms with Gasteiger partial charge in [0.2, 0.25) is 6.41 Å². The highest BCUT2D eigenvalue weighted by Gasteiger charge is 2.02. The molecule has 0 radical (unpaired) electrons. The average molecular weight is 296 g/mol. The molecule has 0 saturated heterocycles. The number of rotatable bonds is 5. The van der Waals surface area contributed by atoms with Crippen LogP contribution in [0.3, 0.4) is 0 Å². The molecule has 1 N–H and O–H groups in total. The monoisotopic (exact) mass is 295 g/mol.